The molecule has 2 rings (SSSR count). The normalized spacial score (nSPS) is 18.4. The number of rotatable bonds is 4. The van der Waals surface area contributed by atoms with Crippen molar-refractivity contribution in [2.24, 2.45) is 0 Å². The Balaban J connectivity index is 2.13. The van der Waals surface area contributed by atoms with Gasteiger partial charge in [0.25, 0.3) is 5.91 Å². The number of hydrogen-bond acceptors (Lipinski definition) is 4. The molecule has 21 heavy (non-hydrogen) atoms. The molecule has 7 heteroatoms. The molecule has 1 atom stereocenters. The number of carboxylic acid groups (broad SMARTS) is 1. The Morgan fingerprint density at radius 2 is 2.29 bits per heavy atom. The second-order valence-corrected chi connectivity index (χ2v) is 5.54. The third-order valence-electron chi connectivity index (χ3n) is 3.23. The molecule has 0 radical (unpaired) electrons. The summed E-state index contributed by atoms with van der Waals surface area (Å²) in [6, 6.07) is 5.17. The third kappa shape index (κ3) is 3.95. The monoisotopic (exact) mass is 357 g/mol. The zero-order chi connectivity index (χ0) is 15.4. The van der Waals surface area contributed by atoms with Gasteiger partial charge >= 0.3 is 5.97 Å². The molecule has 0 saturated carbocycles. The van der Waals surface area contributed by atoms with Crippen LogP contribution in [0.25, 0.3) is 0 Å². The molecule has 114 valence electrons. The van der Waals surface area contributed by atoms with Gasteiger partial charge in [0.05, 0.1) is 31.8 Å². The molecule has 1 aliphatic heterocycles. The van der Waals surface area contributed by atoms with E-state index in [2.05, 4.69) is 15.9 Å². The molecular formula is C14H16BrNO5. The summed E-state index contributed by atoms with van der Waals surface area (Å²) in [6.07, 6.45) is -0.576. The van der Waals surface area contributed by atoms with E-state index in [1.165, 1.54) is 7.11 Å². The molecule has 1 N–H and O–H groups in total. The maximum Gasteiger partial charge on any atom is 0.306 e. The van der Waals surface area contributed by atoms with Crippen molar-refractivity contribution in [2.75, 3.05) is 26.8 Å². The van der Waals surface area contributed by atoms with E-state index in [-0.39, 0.29) is 18.9 Å². The van der Waals surface area contributed by atoms with Gasteiger partial charge < -0.3 is 19.5 Å². The van der Waals surface area contributed by atoms with Crippen LogP contribution in [0.4, 0.5) is 0 Å². The summed E-state index contributed by atoms with van der Waals surface area (Å²) in [5.41, 5.74) is 0.491. The summed E-state index contributed by atoms with van der Waals surface area (Å²) in [5.74, 6) is -0.506. The Bertz CT molecular complexity index is 548. The summed E-state index contributed by atoms with van der Waals surface area (Å²) in [6.45, 7) is 1.05. The first kappa shape index (κ1) is 15.8. The van der Waals surface area contributed by atoms with Gasteiger partial charge in [-0.3, -0.25) is 9.59 Å². The fourth-order valence-corrected chi connectivity index (χ4v) is 2.60. The molecular weight excluding hydrogens is 342 g/mol. The predicted molar refractivity (Wildman–Crippen MR) is 78.6 cm³/mol. The van der Waals surface area contributed by atoms with Crippen LogP contribution < -0.4 is 4.74 Å². The van der Waals surface area contributed by atoms with E-state index in [0.717, 1.165) is 0 Å². The number of aliphatic carboxylic acids is 1. The molecule has 1 heterocycles. The van der Waals surface area contributed by atoms with Gasteiger partial charge in [0.1, 0.15) is 5.75 Å². The topological polar surface area (TPSA) is 76.1 Å². The lowest BCUT2D eigenvalue weighted by Crippen LogP contribution is -2.46. The number of carbonyl (C=O) groups excluding carboxylic acids is 1. The maximum absolute atomic E-state index is 12.6. The van der Waals surface area contributed by atoms with E-state index >= 15 is 0 Å². The second-order valence-electron chi connectivity index (χ2n) is 4.69. The van der Waals surface area contributed by atoms with Crippen molar-refractivity contribution in [2.45, 2.75) is 12.5 Å². The molecule has 0 aromatic heterocycles. The first-order chi connectivity index (χ1) is 10.0. The Morgan fingerprint density at radius 1 is 1.52 bits per heavy atom. The minimum Gasteiger partial charge on any atom is -0.497 e. The van der Waals surface area contributed by atoms with E-state index in [4.69, 9.17) is 14.6 Å². The van der Waals surface area contributed by atoms with Gasteiger partial charge in [0.2, 0.25) is 0 Å². The number of morpholine rings is 1. The first-order valence-corrected chi connectivity index (χ1v) is 7.26. The van der Waals surface area contributed by atoms with Crippen LogP contribution in [0.5, 0.6) is 5.75 Å². The van der Waals surface area contributed by atoms with Crippen LogP contribution in [-0.4, -0.2) is 54.8 Å². The Labute approximate surface area is 130 Å². The van der Waals surface area contributed by atoms with Crippen molar-refractivity contribution in [3.63, 3.8) is 0 Å². The molecule has 0 aliphatic carbocycles. The van der Waals surface area contributed by atoms with Gasteiger partial charge in [0, 0.05) is 17.6 Å². The maximum atomic E-state index is 12.6. The van der Waals surface area contributed by atoms with Gasteiger partial charge in [-0.15, -0.1) is 0 Å². The van der Waals surface area contributed by atoms with Gasteiger partial charge in [0.15, 0.2) is 0 Å². The molecule has 1 aliphatic rings. The molecule has 6 nitrogen and oxygen atoms in total. The molecule has 0 unspecified atom stereocenters. The molecule has 1 saturated heterocycles. The van der Waals surface area contributed by atoms with Crippen LogP contribution in [-0.2, 0) is 9.53 Å². The number of carboxylic acids is 1. The largest absolute Gasteiger partial charge is 0.497 e. The SMILES string of the molecule is COc1ccc(Br)c(C(=O)N2CCO[C@H](CC(=O)O)C2)c1. The van der Waals surface area contributed by atoms with Gasteiger partial charge in [-0.25, -0.2) is 0 Å². The highest BCUT2D eigenvalue weighted by Crippen LogP contribution is 2.24. The molecule has 1 fully saturated rings. The Kier molecular flexibility index (Phi) is 5.19. The second kappa shape index (κ2) is 6.91. The number of nitrogens with zero attached hydrogens (tertiary/aromatic N) is 1. The number of carbonyl (C=O) groups is 2. The molecule has 1 amide bonds. The lowest BCUT2D eigenvalue weighted by atomic mass is 10.1. The number of amides is 1. The first-order valence-electron chi connectivity index (χ1n) is 6.47. The Morgan fingerprint density at radius 3 is 2.95 bits per heavy atom. The van der Waals surface area contributed by atoms with Crippen LogP contribution in [0.15, 0.2) is 22.7 Å². The summed E-state index contributed by atoms with van der Waals surface area (Å²) < 4.78 is 11.2. The lowest BCUT2D eigenvalue weighted by molar-refractivity contribution is -0.141. The number of benzene rings is 1. The van der Waals surface area contributed by atoms with Crippen LogP contribution >= 0.6 is 15.9 Å². The highest BCUT2D eigenvalue weighted by atomic mass is 79.9. The van der Waals surface area contributed by atoms with Crippen molar-refractivity contribution in [3.8, 4) is 5.75 Å². The van der Waals surface area contributed by atoms with Crippen molar-refractivity contribution < 1.29 is 24.2 Å². The summed E-state index contributed by atoms with van der Waals surface area (Å²) in [7, 11) is 1.54. The van der Waals surface area contributed by atoms with Crippen molar-refractivity contribution in [1.29, 1.82) is 0 Å². The fourth-order valence-electron chi connectivity index (χ4n) is 2.19. The number of methoxy groups -OCH3 is 1. The van der Waals surface area contributed by atoms with Crippen LogP contribution in [0.2, 0.25) is 0 Å². The van der Waals surface area contributed by atoms with E-state index < -0.39 is 12.1 Å². The van der Waals surface area contributed by atoms with E-state index in [1.54, 1.807) is 23.1 Å². The number of hydrogen-bond donors (Lipinski definition) is 1. The van der Waals surface area contributed by atoms with Crippen molar-refractivity contribution in [1.82, 2.24) is 4.90 Å². The van der Waals surface area contributed by atoms with Crippen LogP contribution in [0, 0.1) is 0 Å². The highest BCUT2D eigenvalue weighted by molar-refractivity contribution is 9.10. The minimum atomic E-state index is -0.933. The molecule has 0 bridgehead atoms. The zero-order valence-electron chi connectivity index (χ0n) is 11.5. The average molecular weight is 358 g/mol. The minimum absolute atomic E-state index is 0.108. The van der Waals surface area contributed by atoms with E-state index in [9.17, 15) is 9.59 Å². The zero-order valence-corrected chi connectivity index (χ0v) is 13.1. The molecule has 1 aromatic carbocycles. The quantitative estimate of drug-likeness (QED) is 0.888. The number of halogens is 1. The summed E-state index contributed by atoms with van der Waals surface area (Å²) in [5, 5.41) is 8.81. The third-order valence-corrected chi connectivity index (χ3v) is 3.92. The summed E-state index contributed by atoms with van der Waals surface area (Å²) >= 11 is 3.35. The van der Waals surface area contributed by atoms with Gasteiger partial charge in [-0.05, 0) is 34.1 Å². The van der Waals surface area contributed by atoms with Crippen LogP contribution in [0.3, 0.4) is 0 Å². The Hall–Kier alpha value is -1.60. The molecule has 1 aromatic rings. The highest BCUT2D eigenvalue weighted by Gasteiger charge is 2.27. The predicted octanol–water partition coefficient (Wildman–Crippen LogP) is 1.77. The van der Waals surface area contributed by atoms with Gasteiger partial charge in [-0.2, -0.15) is 0 Å². The fraction of sp³-hybridized carbons (Fsp3) is 0.429. The summed E-state index contributed by atoms with van der Waals surface area (Å²) in [4.78, 5) is 24.9. The van der Waals surface area contributed by atoms with Crippen molar-refractivity contribution in [3.05, 3.63) is 28.2 Å². The standard InChI is InChI=1S/C14H16BrNO5/c1-20-9-2-3-12(15)11(6-9)14(19)16-4-5-21-10(8-16)7-13(17)18/h2-3,6,10H,4-5,7-8H2,1H3,(H,17,18)/t10-/m1/s1. The van der Waals surface area contributed by atoms with Crippen molar-refractivity contribution >= 4 is 27.8 Å². The van der Waals surface area contributed by atoms with E-state index in [1.807, 2.05) is 0 Å². The number of ether oxygens (including phenoxy) is 2. The molecule has 0 spiro atoms. The smallest absolute Gasteiger partial charge is 0.306 e. The lowest BCUT2D eigenvalue weighted by Gasteiger charge is -2.32. The average Bonchev–Trinajstić information content (AvgIpc) is 2.46. The van der Waals surface area contributed by atoms with E-state index in [0.29, 0.717) is 28.9 Å². The van der Waals surface area contributed by atoms with Gasteiger partial charge in [-0.1, -0.05) is 0 Å². The van der Waals surface area contributed by atoms with Crippen LogP contribution in [0.1, 0.15) is 16.8 Å².